The number of hydrogen-bond donors (Lipinski definition) is 2. The van der Waals surface area contributed by atoms with Gasteiger partial charge in [-0.3, -0.25) is 29.3 Å². The molecule has 1 aliphatic rings. The van der Waals surface area contributed by atoms with Crippen molar-refractivity contribution in [2.75, 3.05) is 35.2 Å². The van der Waals surface area contributed by atoms with E-state index in [0.29, 0.717) is 44.1 Å². The number of hydrogen-bond acceptors (Lipinski definition) is 7. The lowest BCUT2D eigenvalue weighted by Gasteiger charge is -2.32. The molecule has 2 heterocycles. The van der Waals surface area contributed by atoms with E-state index in [4.69, 9.17) is 5.73 Å². The Balaban J connectivity index is 2.04. The number of nitro benzene ring substituents is 1. The second-order valence-corrected chi connectivity index (χ2v) is 9.09. The second-order valence-electron chi connectivity index (χ2n) is 9.09. The normalized spacial score (nSPS) is 14.2. The van der Waals surface area contributed by atoms with Crippen molar-refractivity contribution in [3.05, 3.63) is 54.7 Å². The summed E-state index contributed by atoms with van der Waals surface area (Å²) in [5.74, 6) is -0.118. The summed E-state index contributed by atoms with van der Waals surface area (Å²) in [6.45, 7) is 7.83. The van der Waals surface area contributed by atoms with Crippen LogP contribution in [0.2, 0.25) is 0 Å². The average molecular weight is 487 g/mol. The number of unbranched alkanes of at least 4 members (excludes halogenated alkanes) is 1. The number of rotatable bonds is 9. The summed E-state index contributed by atoms with van der Waals surface area (Å²) in [6.07, 6.45) is 3.87. The molecule has 1 aliphatic heterocycles. The van der Waals surface area contributed by atoms with Crippen LogP contribution < -0.4 is 26.8 Å². The molecule has 3 rings (SSSR count). The number of carbonyl (C=O) groups excluding carboxylic acids is 1. The Kier molecular flexibility index (Phi) is 8.31. The molecule has 0 saturated carbocycles. The Bertz CT molecular complexity index is 1200. The van der Waals surface area contributed by atoms with Crippen LogP contribution in [0.5, 0.6) is 0 Å². The van der Waals surface area contributed by atoms with Crippen molar-refractivity contribution >= 4 is 28.8 Å². The van der Waals surface area contributed by atoms with E-state index in [2.05, 4.69) is 11.9 Å². The third-order valence-electron chi connectivity index (χ3n) is 6.46. The molecular formula is C24H34N6O5. The van der Waals surface area contributed by atoms with Gasteiger partial charge in [0.2, 0.25) is 0 Å². The number of piperidine rings is 1. The van der Waals surface area contributed by atoms with E-state index >= 15 is 0 Å². The molecule has 1 aromatic carbocycles. The van der Waals surface area contributed by atoms with Crippen LogP contribution in [0.3, 0.4) is 0 Å². The molecule has 0 bridgehead atoms. The number of nitrogens with one attached hydrogen (secondary N) is 1. The van der Waals surface area contributed by atoms with E-state index in [1.807, 2.05) is 18.7 Å². The van der Waals surface area contributed by atoms with Crippen LogP contribution in [0.4, 0.5) is 22.9 Å². The van der Waals surface area contributed by atoms with Gasteiger partial charge in [-0.25, -0.2) is 4.79 Å². The predicted octanol–water partition coefficient (Wildman–Crippen LogP) is 3.12. The zero-order chi connectivity index (χ0) is 25.7. The molecular weight excluding hydrogens is 452 g/mol. The molecule has 1 fully saturated rings. The van der Waals surface area contributed by atoms with Crippen LogP contribution >= 0.6 is 0 Å². The molecule has 1 saturated heterocycles. The highest BCUT2D eigenvalue weighted by molar-refractivity contribution is 6.08. The van der Waals surface area contributed by atoms with Crippen molar-refractivity contribution in [2.45, 2.75) is 59.4 Å². The first-order chi connectivity index (χ1) is 16.7. The maximum atomic E-state index is 13.5. The summed E-state index contributed by atoms with van der Waals surface area (Å²) in [5, 5.41) is 11.9. The van der Waals surface area contributed by atoms with Crippen molar-refractivity contribution < 1.29 is 9.72 Å². The quantitative estimate of drug-likeness (QED) is 0.409. The molecule has 2 aromatic rings. The predicted molar refractivity (Wildman–Crippen MR) is 136 cm³/mol. The van der Waals surface area contributed by atoms with Crippen LogP contribution in [0, 0.1) is 16.0 Å². The third kappa shape index (κ3) is 5.55. The number of H-pyrrole nitrogens is 1. The Morgan fingerprint density at radius 2 is 1.91 bits per heavy atom. The van der Waals surface area contributed by atoms with E-state index in [1.54, 1.807) is 12.1 Å². The van der Waals surface area contributed by atoms with Gasteiger partial charge in [0, 0.05) is 37.8 Å². The fourth-order valence-corrected chi connectivity index (χ4v) is 4.39. The minimum atomic E-state index is -0.768. The number of amides is 1. The first-order valence-corrected chi connectivity index (χ1v) is 12.2. The van der Waals surface area contributed by atoms with Gasteiger partial charge in [0.25, 0.3) is 17.2 Å². The molecule has 0 radical (unpaired) electrons. The van der Waals surface area contributed by atoms with Gasteiger partial charge in [-0.2, -0.15) is 0 Å². The van der Waals surface area contributed by atoms with Crippen molar-refractivity contribution in [3.8, 4) is 0 Å². The number of nitro groups is 1. The van der Waals surface area contributed by atoms with E-state index in [1.165, 1.54) is 15.5 Å². The van der Waals surface area contributed by atoms with Crippen molar-refractivity contribution in [1.82, 2.24) is 9.55 Å². The number of benzene rings is 1. The zero-order valence-electron chi connectivity index (χ0n) is 20.6. The highest BCUT2D eigenvalue weighted by Gasteiger charge is 2.28. The molecule has 190 valence electrons. The van der Waals surface area contributed by atoms with E-state index < -0.39 is 22.1 Å². The maximum Gasteiger partial charge on any atom is 0.330 e. The van der Waals surface area contributed by atoms with E-state index in [0.717, 1.165) is 19.3 Å². The number of anilines is 3. The Morgan fingerprint density at radius 3 is 2.51 bits per heavy atom. The van der Waals surface area contributed by atoms with Gasteiger partial charge < -0.3 is 15.5 Å². The Labute approximate surface area is 203 Å². The number of carbonyl (C=O) groups is 1. The molecule has 11 nitrogen and oxygen atoms in total. The highest BCUT2D eigenvalue weighted by Crippen LogP contribution is 2.33. The molecule has 11 heteroatoms. The fraction of sp³-hybridized carbons (Fsp3) is 0.542. The second kappa shape index (κ2) is 11.2. The van der Waals surface area contributed by atoms with Crippen molar-refractivity contribution in [2.24, 2.45) is 5.92 Å². The van der Waals surface area contributed by atoms with Gasteiger partial charge in [0.1, 0.15) is 11.5 Å². The summed E-state index contributed by atoms with van der Waals surface area (Å²) < 4.78 is 1.25. The summed E-state index contributed by atoms with van der Waals surface area (Å²) in [7, 11) is 0. The van der Waals surface area contributed by atoms with E-state index in [9.17, 15) is 24.5 Å². The summed E-state index contributed by atoms with van der Waals surface area (Å²) >= 11 is 0. The van der Waals surface area contributed by atoms with E-state index in [-0.39, 0.29) is 29.3 Å². The van der Waals surface area contributed by atoms with Gasteiger partial charge in [0.15, 0.2) is 5.69 Å². The van der Waals surface area contributed by atoms with Gasteiger partial charge in [-0.1, -0.05) is 27.2 Å². The number of nitrogens with two attached hydrogens (primary N) is 1. The largest absolute Gasteiger partial charge is 0.383 e. The monoisotopic (exact) mass is 486 g/mol. The summed E-state index contributed by atoms with van der Waals surface area (Å²) in [6, 6.07) is 4.40. The number of aromatic nitrogens is 2. The number of nitrogens with zero attached hydrogens (tertiary/aromatic N) is 4. The summed E-state index contributed by atoms with van der Waals surface area (Å²) in [4.78, 5) is 55.5. The summed E-state index contributed by atoms with van der Waals surface area (Å²) in [5.41, 5.74) is 5.09. The molecule has 0 atom stereocenters. The standard InChI is InChI=1S/C24H34N6O5/c1-4-6-12-29-21(25)20(22(31)26-24(29)33)28(11-5-2)23(32)17-7-8-18(19(15-17)30(34)35)27-13-9-16(3)10-14-27/h7-8,15-16H,4-6,9-14,25H2,1-3H3,(H,26,31,33). The number of aromatic amines is 1. The third-order valence-corrected chi connectivity index (χ3v) is 6.46. The number of nitrogen functional groups attached to an aromatic ring is 1. The van der Waals surface area contributed by atoms with Gasteiger partial charge in [0.05, 0.1) is 4.92 Å². The SMILES string of the molecule is CCCCn1c(N)c(N(CCC)C(=O)c2ccc(N3CCC(C)CC3)c([N+](=O)[O-])c2)c(=O)[nH]c1=O. The molecule has 1 amide bonds. The smallest absolute Gasteiger partial charge is 0.330 e. The highest BCUT2D eigenvalue weighted by atomic mass is 16.6. The van der Waals surface area contributed by atoms with Crippen LogP contribution in [0.15, 0.2) is 27.8 Å². The molecule has 0 unspecified atom stereocenters. The average Bonchev–Trinajstić information content (AvgIpc) is 2.83. The lowest BCUT2D eigenvalue weighted by atomic mass is 9.98. The topological polar surface area (TPSA) is 148 Å². The molecule has 3 N–H and O–H groups in total. The Morgan fingerprint density at radius 1 is 1.23 bits per heavy atom. The minimum absolute atomic E-state index is 0.0735. The van der Waals surface area contributed by atoms with Gasteiger partial charge in [-0.15, -0.1) is 0 Å². The maximum absolute atomic E-state index is 13.5. The van der Waals surface area contributed by atoms with Crippen LogP contribution in [-0.2, 0) is 6.54 Å². The lowest BCUT2D eigenvalue weighted by Crippen LogP contribution is -2.41. The Hall–Kier alpha value is -3.63. The zero-order valence-corrected chi connectivity index (χ0v) is 20.6. The van der Waals surface area contributed by atoms with Crippen LogP contribution in [-0.4, -0.2) is 40.0 Å². The molecule has 35 heavy (non-hydrogen) atoms. The first kappa shape index (κ1) is 26.0. The minimum Gasteiger partial charge on any atom is -0.383 e. The van der Waals surface area contributed by atoms with Gasteiger partial charge >= 0.3 is 5.69 Å². The fourth-order valence-electron chi connectivity index (χ4n) is 4.39. The van der Waals surface area contributed by atoms with Crippen molar-refractivity contribution in [3.63, 3.8) is 0 Å². The van der Waals surface area contributed by atoms with Crippen LogP contribution in [0.1, 0.15) is 63.2 Å². The lowest BCUT2D eigenvalue weighted by molar-refractivity contribution is -0.384. The molecule has 0 spiro atoms. The van der Waals surface area contributed by atoms with Crippen molar-refractivity contribution in [1.29, 1.82) is 0 Å². The van der Waals surface area contributed by atoms with Crippen LogP contribution in [0.25, 0.3) is 0 Å². The first-order valence-electron chi connectivity index (χ1n) is 12.2. The molecule has 1 aromatic heterocycles. The molecule has 0 aliphatic carbocycles. The van der Waals surface area contributed by atoms with Gasteiger partial charge in [-0.05, 0) is 43.7 Å².